The Hall–Kier alpha value is 0.270. The van der Waals surface area contributed by atoms with Crippen LogP contribution in [0.25, 0.3) is 0 Å². The second kappa shape index (κ2) is 3.44. The molecule has 1 aliphatic rings. The first kappa shape index (κ1) is 7.38. The van der Waals surface area contributed by atoms with Gasteiger partial charge in [0.25, 0.3) is 0 Å². The molecule has 0 aromatic carbocycles. The van der Waals surface area contributed by atoms with Crippen molar-refractivity contribution in [2.24, 2.45) is 0 Å². The van der Waals surface area contributed by atoms with Crippen LogP contribution in [0.2, 0.25) is 0 Å². The second-order valence-electron chi connectivity index (χ2n) is 2.42. The predicted octanol–water partition coefficient (Wildman–Crippen LogP) is 0.235. The van der Waals surface area contributed by atoms with E-state index >= 15 is 0 Å². The average molecular weight is 148 g/mol. The van der Waals surface area contributed by atoms with Crippen molar-refractivity contribution < 1.29 is 10.2 Å². The largest absolute Gasteiger partial charge is 0.392 e. The molecule has 1 saturated heterocycles. The molecule has 0 bridgehead atoms. The highest BCUT2D eigenvalue weighted by molar-refractivity contribution is 7.99. The van der Waals surface area contributed by atoms with E-state index in [4.69, 9.17) is 10.2 Å². The molecule has 0 aromatic heterocycles. The summed E-state index contributed by atoms with van der Waals surface area (Å²) in [6, 6.07) is 0. The van der Waals surface area contributed by atoms with E-state index in [0.29, 0.717) is 0 Å². The molecule has 2 N–H and O–H groups in total. The molecule has 1 aliphatic heterocycles. The van der Waals surface area contributed by atoms with Crippen LogP contribution in [0.3, 0.4) is 0 Å². The van der Waals surface area contributed by atoms with Gasteiger partial charge in [0.2, 0.25) is 0 Å². The van der Waals surface area contributed by atoms with Crippen molar-refractivity contribution in [3.05, 3.63) is 0 Å². The van der Waals surface area contributed by atoms with Crippen molar-refractivity contribution in [1.82, 2.24) is 0 Å². The van der Waals surface area contributed by atoms with E-state index in [2.05, 4.69) is 0 Å². The fraction of sp³-hybridized carbons (Fsp3) is 1.00. The number of thioether (sulfide) groups is 1. The highest BCUT2D eigenvalue weighted by atomic mass is 32.2. The van der Waals surface area contributed by atoms with Crippen LogP contribution in [0.4, 0.5) is 0 Å². The van der Waals surface area contributed by atoms with Gasteiger partial charge < -0.3 is 10.2 Å². The molecule has 1 fully saturated rings. The van der Waals surface area contributed by atoms with E-state index in [1.54, 1.807) is 11.8 Å². The van der Waals surface area contributed by atoms with E-state index in [1.165, 1.54) is 0 Å². The molecule has 54 valence electrons. The summed E-state index contributed by atoms with van der Waals surface area (Å²) in [4.78, 5) is 0. The van der Waals surface area contributed by atoms with Crippen molar-refractivity contribution in [1.29, 1.82) is 0 Å². The van der Waals surface area contributed by atoms with Gasteiger partial charge in [0.1, 0.15) is 0 Å². The lowest BCUT2D eigenvalue weighted by Crippen LogP contribution is -2.09. The standard InChI is InChI=1S/C6H12O2S/c7-5-1-2-6(8)4-9-3-5/h5-8H,1-4H2/t5-,6-/m0/s1. The van der Waals surface area contributed by atoms with Gasteiger partial charge in [0.15, 0.2) is 0 Å². The van der Waals surface area contributed by atoms with Gasteiger partial charge in [0, 0.05) is 11.5 Å². The topological polar surface area (TPSA) is 40.5 Å². The summed E-state index contributed by atoms with van der Waals surface area (Å²) in [6.07, 6.45) is 1.14. The smallest absolute Gasteiger partial charge is 0.0631 e. The van der Waals surface area contributed by atoms with Crippen molar-refractivity contribution in [3.63, 3.8) is 0 Å². The van der Waals surface area contributed by atoms with E-state index in [0.717, 1.165) is 24.3 Å². The molecule has 1 heterocycles. The van der Waals surface area contributed by atoms with Crippen LogP contribution in [0, 0.1) is 0 Å². The average Bonchev–Trinajstić information content (AvgIpc) is 1.97. The van der Waals surface area contributed by atoms with Crippen LogP contribution in [-0.4, -0.2) is 33.9 Å². The molecule has 0 aromatic rings. The highest BCUT2D eigenvalue weighted by Gasteiger charge is 2.14. The lowest BCUT2D eigenvalue weighted by molar-refractivity contribution is 0.144. The van der Waals surface area contributed by atoms with Crippen molar-refractivity contribution in [2.45, 2.75) is 25.0 Å². The Morgan fingerprint density at radius 2 is 1.44 bits per heavy atom. The van der Waals surface area contributed by atoms with Gasteiger partial charge >= 0.3 is 0 Å². The molecule has 3 heteroatoms. The molecule has 1 rings (SSSR count). The molecule has 0 amide bonds. The van der Waals surface area contributed by atoms with E-state index < -0.39 is 0 Å². The normalized spacial score (nSPS) is 38.0. The minimum Gasteiger partial charge on any atom is -0.392 e. The van der Waals surface area contributed by atoms with E-state index in [9.17, 15) is 0 Å². The lowest BCUT2D eigenvalue weighted by Gasteiger charge is -2.03. The molecule has 0 spiro atoms. The van der Waals surface area contributed by atoms with Gasteiger partial charge in [-0.15, -0.1) is 0 Å². The number of hydrogen-bond acceptors (Lipinski definition) is 3. The highest BCUT2D eigenvalue weighted by Crippen LogP contribution is 2.16. The third-order valence-corrected chi connectivity index (χ3v) is 2.69. The van der Waals surface area contributed by atoms with Crippen molar-refractivity contribution in [3.8, 4) is 0 Å². The number of rotatable bonds is 0. The first-order valence-electron chi connectivity index (χ1n) is 3.23. The molecular weight excluding hydrogens is 136 g/mol. The Morgan fingerprint density at radius 1 is 1.00 bits per heavy atom. The lowest BCUT2D eigenvalue weighted by atomic mass is 10.1. The zero-order valence-corrected chi connectivity index (χ0v) is 6.10. The van der Waals surface area contributed by atoms with Crippen LogP contribution < -0.4 is 0 Å². The Bertz CT molecular complexity index is 77.1. The Labute approximate surface area is 59.3 Å². The van der Waals surface area contributed by atoms with Gasteiger partial charge in [-0.1, -0.05) is 0 Å². The second-order valence-corrected chi connectivity index (χ2v) is 3.50. The maximum absolute atomic E-state index is 9.07. The van der Waals surface area contributed by atoms with Gasteiger partial charge in [0.05, 0.1) is 12.2 Å². The molecule has 0 aliphatic carbocycles. The van der Waals surface area contributed by atoms with Gasteiger partial charge in [-0.25, -0.2) is 0 Å². The van der Waals surface area contributed by atoms with Crippen molar-refractivity contribution in [2.75, 3.05) is 11.5 Å². The van der Waals surface area contributed by atoms with Crippen molar-refractivity contribution >= 4 is 11.8 Å². The maximum atomic E-state index is 9.07. The fourth-order valence-corrected chi connectivity index (χ4v) is 1.91. The molecule has 0 unspecified atom stereocenters. The van der Waals surface area contributed by atoms with E-state index in [1.807, 2.05) is 0 Å². The maximum Gasteiger partial charge on any atom is 0.0631 e. The monoisotopic (exact) mass is 148 g/mol. The number of hydrogen-bond donors (Lipinski definition) is 2. The summed E-state index contributed by atoms with van der Waals surface area (Å²) in [7, 11) is 0. The first-order valence-corrected chi connectivity index (χ1v) is 4.38. The minimum atomic E-state index is -0.188. The zero-order valence-electron chi connectivity index (χ0n) is 5.29. The third kappa shape index (κ3) is 2.56. The summed E-state index contributed by atoms with van der Waals surface area (Å²) in [5.74, 6) is 1.58. The van der Waals surface area contributed by atoms with Crippen LogP contribution in [-0.2, 0) is 0 Å². The molecular formula is C6H12O2S. The fourth-order valence-electron chi connectivity index (χ4n) is 0.892. The predicted molar refractivity (Wildman–Crippen MR) is 38.6 cm³/mol. The summed E-state index contributed by atoms with van der Waals surface area (Å²) in [5.41, 5.74) is 0. The number of aliphatic hydroxyl groups is 2. The zero-order chi connectivity index (χ0) is 6.69. The Morgan fingerprint density at radius 3 is 1.89 bits per heavy atom. The molecule has 2 nitrogen and oxygen atoms in total. The Kier molecular flexibility index (Phi) is 2.82. The van der Waals surface area contributed by atoms with Gasteiger partial charge in [-0.3, -0.25) is 0 Å². The molecule has 2 atom stereocenters. The summed E-state index contributed by atoms with van der Waals surface area (Å²) < 4.78 is 0. The Balaban J connectivity index is 2.25. The number of aliphatic hydroxyl groups excluding tert-OH is 2. The van der Waals surface area contributed by atoms with Crippen LogP contribution in [0.1, 0.15) is 12.8 Å². The van der Waals surface area contributed by atoms with Gasteiger partial charge in [-0.05, 0) is 12.8 Å². The van der Waals surface area contributed by atoms with Crippen LogP contribution in [0.5, 0.6) is 0 Å². The quantitative estimate of drug-likeness (QED) is 0.517. The van der Waals surface area contributed by atoms with Crippen LogP contribution >= 0.6 is 11.8 Å². The minimum absolute atomic E-state index is 0.188. The summed E-state index contributed by atoms with van der Waals surface area (Å²) >= 11 is 1.63. The third-order valence-electron chi connectivity index (χ3n) is 1.45. The summed E-state index contributed by atoms with van der Waals surface area (Å²) in [6.45, 7) is 0. The summed E-state index contributed by atoms with van der Waals surface area (Å²) in [5, 5.41) is 18.2. The van der Waals surface area contributed by atoms with Crippen LogP contribution in [0.15, 0.2) is 0 Å². The molecule has 0 saturated carbocycles. The van der Waals surface area contributed by atoms with Gasteiger partial charge in [-0.2, -0.15) is 11.8 Å². The molecule has 9 heavy (non-hydrogen) atoms. The SMILES string of the molecule is O[C@H]1CC[C@H](O)CSC1. The van der Waals surface area contributed by atoms with E-state index in [-0.39, 0.29) is 12.2 Å². The molecule has 0 radical (unpaired) electrons. The first-order chi connectivity index (χ1) is 4.29.